The van der Waals surface area contributed by atoms with Crippen molar-refractivity contribution in [2.45, 2.75) is 25.3 Å². The van der Waals surface area contributed by atoms with Crippen molar-refractivity contribution in [1.82, 2.24) is 0 Å². The molecule has 24 heavy (non-hydrogen) atoms. The minimum absolute atomic E-state index is 0.149. The van der Waals surface area contributed by atoms with Crippen LogP contribution in [0.5, 0.6) is 0 Å². The summed E-state index contributed by atoms with van der Waals surface area (Å²) in [5.41, 5.74) is 4.26. The third kappa shape index (κ3) is 2.38. The zero-order chi connectivity index (χ0) is 16.8. The van der Waals surface area contributed by atoms with Crippen molar-refractivity contribution in [3.8, 4) is 0 Å². The number of non-ortho nitro benzene ring substituents is 1. The lowest BCUT2D eigenvalue weighted by Gasteiger charge is -2.38. The molecule has 1 aliphatic heterocycles. The van der Waals surface area contributed by atoms with Crippen LogP contribution in [0.2, 0.25) is 5.02 Å². The van der Waals surface area contributed by atoms with Gasteiger partial charge in [0, 0.05) is 28.8 Å². The van der Waals surface area contributed by atoms with Crippen molar-refractivity contribution < 1.29 is 4.92 Å². The van der Waals surface area contributed by atoms with Crippen LogP contribution < -0.4 is 5.32 Å². The van der Waals surface area contributed by atoms with Gasteiger partial charge in [-0.05, 0) is 48.1 Å². The predicted octanol–water partition coefficient (Wildman–Crippen LogP) is 5.38. The van der Waals surface area contributed by atoms with Gasteiger partial charge < -0.3 is 5.32 Å². The number of nitrogens with zero attached hydrogens (tertiary/aromatic N) is 1. The smallest absolute Gasteiger partial charge is 0.270 e. The van der Waals surface area contributed by atoms with Crippen molar-refractivity contribution >= 4 is 23.0 Å². The number of hydrogen-bond acceptors (Lipinski definition) is 3. The first-order valence-corrected chi connectivity index (χ1v) is 8.40. The van der Waals surface area contributed by atoms with Gasteiger partial charge in [-0.1, -0.05) is 35.9 Å². The Balaban J connectivity index is 1.83. The molecule has 0 fully saturated rings. The molecular weight excluding hydrogens is 324 g/mol. The molecule has 0 bridgehead atoms. The molecule has 1 aliphatic carbocycles. The maximum absolute atomic E-state index is 11.2. The molecule has 0 saturated carbocycles. The van der Waals surface area contributed by atoms with E-state index in [4.69, 9.17) is 11.6 Å². The third-order valence-electron chi connectivity index (χ3n) is 5.07. The van der Waals surface area contributed by atoms with Crippen molar-refractivity contribution in [2.75, 3.05) is 5.32 Å². The second kappa shape index (κ2) is 5.64. The van der Waals surface area contributed by atoms with E-state index in [0.717, 1.165) is 33.8 Å². The molecule has 1 N–H and O–H groups in total. The summed E-state index contributed by atoms with van der Waals surface area (Å²) in [6, 6.07) is 11.4. The van der Waals surface area contributed by atoms with Gasteiger partial charge in [0.1, 0.15) is 0 Å². The number of anilines is 1. The van der Waals surface area contributed by atoms with Gasteiger partial charge in [0.05, 0.1) is 11.0 Å². The Hall–Kier alpha value is -2.33. The van der Waals surface area contributed by atoms with Gasteiger partial charge in [-0.15, -0.1) is 0 Å². The largest absolute Gasteiger partial charge is 0.377 e. The topological polar surface area (TPSA) is 55.2 Å². The number of allylic oxidation sites excluding steroid dienone is 2. The number of nitrogens with one attached hydrogen (secondary N) is 1. The molecule has 5 heteroatoms. The van der Waals surface area contributed by atoms with Gasteiger partial charge in [-0.25, -0.2) is 0 Å². The molecule has 0 amide bonds. The molecule has 4 nitrogen and oxygen atoms in total. The van der Waals surface area contributed by atoms with Crippen LogP contribution >= 0.6 is 11.6 Å². The van der Waals surface area contributed by atoms with E-state index < -0.39 is 0 Å². The fourth-order valence-corrected chi connectivity index (χ4v) is 4.20. The van der Waals surface area contributed by atoms with Crippen molar-refractivity contribution in [3.63, 3.8) is 0 Å². The summed E-state index contributed by atoms with van der Waals surface area (Å²) in [4.78, 5) is 10.9. The van der Waals surface area contributed by atoms with Crippen molar-refractivity contribution in [2.24, 2.45) is 5.92 Å². The standard InChI is InChI=1S/C19H17ClN2O2/c1-11-8-14(22(23)24)10-17-15-6-3-7-16(15)19(21-18(11)17)12-4-2-5-13(20)9-12/h2-6,8-10,15-16,19,21H,7H2,1H3. The third-order valence-corrected chi connectivity index (χ3v) is 5.30. The van der Waals surface area contributed by atoms with E-state index >= 15 is 0 Å². The predicted molar refractivity (Wildman–Crippen MR) is 95.6 cm³/mol. The normalized spacial score (nSPS) is 24.2. The Morgan fingerprint density at radius 3 is 2.88 bits per heavy atom. The van der Waals surface area contributed by atoms with Gasteiger partial charge in [0.15, 0.2) is 0 Å². The molecule has 2 aliphatic rings. The van der Waals surface area contributed by atoms with Gasteiger partial charge in [0.25, 0.3) is 5.69 Å². The van der Waals surface area contributed by atoms with Crippen LogP contribution in [0.4, 0.5) is 11.4 Å². The Morgan fingerprint density at radius 2 is 2.12 bits per heavy atom. The van der Waals surface area contributed by atoms with Gasteiger partial charge in [0.2, 0.25) is 0 Å². The fourth-order valence-electron chi connectivity index (χ4n) is 4.00. The molecule has 0 saturated heterocycles. The molecular formula is C19H17ClN2O2. The molecule has 2 aromatic carbocycles. The minimum Gasteiger partial charge on any atom is -0.377 e. The first-order chi connectivity index (χ1) is 11.5. The number of nitro groups is 1. The molecule has 0 radical (unpaired) electrons. The Morgan fingerprint density at radius 1 is 1.29 bits per heavy atom. The first kappa shape index (κ1) is 15.2. The number of rotatable bonds is 2. The highest BCUT2D eigenvalue weighted by Gasteiger charge is 2.39. The Labute approximate surface area is 145 Å². The van der Waals surface area contributed by atoms with E-state index in [9.17, 15) is 10.1 Å². The van der Waals surface area contributed by atoms with E-state index in [1.165, 1.54) is 0 Å². The average molecular weight is 341 g/mol. The minimum atomic E-state index is -0.315. The second-order valence-corrected chi connectivity index (χ2v) is 6.95. The molecule has 0 aromatic heterocycles. The lowest BCUT2D eigenvalue weighted by atomic mass is 9.76. The summed E-state index contributed by atoms with van der Waals surface area (Å²) in [5.74, 6) is 0.543. The molecule has 2 aromatic rings. The summed E-state index contributed by atoms with van der Waals surface area (Å²) < 4.78 is 0. The fraction of sp³-hybridized carbons (Fsp3) is 0.263. The maximum atomic E-state index is 11.2. The molecule has 3 unspecified atom stereocenters. The van der Waals surface area contributed by atoms with Crippen LogP contribution in [-0.4, -0.2) is 4.92 Å². The SMILES string of the molecule is Cc1cc([N+](=O)[O-])cc2c1NC(c1cccc(Cl)c1)C1CC=CC21. The average Bonchev–Trinajstić information content (AvgIpc) is 3.04. The molecule has 122 valence electrons. The zero-order valence-electron chi connectivity index (χ0n) is 13.2. The Kier molecular flexibility index (Phi) is 3.57. The van der Waals surface area contributed by atoms with E-state index in [0.29, 0.717) is 5.92 Å². The molecule has 3 atom stereocenters. The van der Waals surface area contributed by atoms with E-state index in [2.05, 4.69) is 23.5 Å². The summed E-state index contributed by atoms with van der Waals surface area (Å²) in [6.07, 6.45) is 5.32. The quantitative estimate of drug-likeness (QED) is 0.453. The van der Waals surface area contributed by atoms with Crippen LogP contribution in [0.25, 0.3) is 0 Å². The van der Waals surface area contributed by atoms with Crippen molar-refractivity contribution in [3.05, 3.63) is 80.4 Å². The van der Waals surface area contributed by atoms with Crippen LogP contribution in [0, 0.1) is 23.0 Å². The van der Waals surface area contributed by atoms with Crippen LogP contribution in [0.1, 0.15) is 35.1 Å². The van der Waals surface area contributed by atoms with Crippen molar-refractivity contribution in [1.29, 1.82) is 0 Å². The number of nitro benzene ring substituents is 1. The highest BCUT2D eigenvalue weighted by Crippen LogP contribution is 2.51. The van der Waals surface area contributed by atoms with E-state index in [1.54, 1.807) is 12.1 Å². The summed E-state index contributed by atoms with van der Waals surface area (Å²) >= 11 is 6.18. The van der Waals surface area contributed by atoms with E-state index in [1.807, 2.05) is 25.1 Å². The lowest BCUT2D eigenvalue weighted by Crippen LogP contribution is -2.29. The summed E-state index contributed by atoms with van der Waals surface area (Å²) in [7, 11) is 0. The number of fused-ring (bicyclic) bond motifs is 3. The second-order valence-electron chi connectivity index (χ2n) is 6.51. The van der Waals surface area contributed by atoms with Gasteiger partial charge in [-0.2, -0.15) is 0 Å². The maximum Gasteiger partial charge on any atom is 0.270 e. The first-order valence-electron chi connectivity index (χ1n) is 8.02. The lowest BCUT2D eigenvalue weighted by molar-refractivity contribution is -0.385. The van der Waals surface area contributed by atoms with Gasteiger partial charge >= 0.3 is 0 Å². The van der Waals surface area contributed by atoms with E-state index in [-0.39, 0.29) is 22.6 Å². The number of hydrogen-bond donors (Lipinski definition) is 1. The Bertz CT molecular complexity index is 862. The summed E-state index contributed by atoms with van der Waals surface area (Å²) in [5, 5.41) is 15.6. The highest BCUT2D eigenvalue weighted by molar-refractivity contribution is 6.30. The summed E-state index contributed by atoms with van der Waals surface area (Å²) in [6.45, 7) is 1.92. The molecule has 0 spiro atoms. The zero-order valence-corrected chi connectivity index (χ0v) is 14.0. The van der Waals surface area contributed by atoms with Crippen LogP contribution in [-0.2, 0) is 0 Å². The molecule has 1 heterocycles. The van der Waals surface area contributed by atoms with Crippen LogP contribution in [0.15, 0.2) is 48.6 Å². The van der Waals surface area contributed by atoms with Crippen LogP contribution in [0.3, 0.4) is 0 Å². The molecule has 4 rings (SSSR count). The number of aryl methyl sites for hydroxylation is 1. The van der Waals surface area contributed by atoms with Gasteiger partial charge in [-0.3, -0.25) is 10.1 Å². The highest BCUT2D eigenvalue weighted by atomic mass is 35.5. The number of benzene rings is 2. The monoisotopic (exact) mass is 340 g/mol. The number of halogens is 1.